The average molecular weight is 374 g/mol. The number of carbonyl (C=O) groups excluding carboxylic acids is 2. The predicted octanol–water partition coefficient (Wildman–Crippen LogP) is 3.53. The van der Waals surface area contributed by atoms with Crippen molar-refractivity contribution in [3.8, 4) is 6.07 Å². The number of ether oxygens (including phenoxy) is 2. The summed E-state index contributed by atoms with van der Waals surface area (Å²) >= 11 is 1.39. The van der Waals surface area contributed by atoms with Crippen molar-refractivity contribution >= 4 is 29.0 Å². The van der Waals surface area contributed by atoms with Gasteiger partial charge in [-0.15, -0.1) is 11.3 Å². The van der Waals surface area contributed by atoms with Crippen molar-refractivity contribution < 1.29 is 19.1 Å². The fraction of sp³-hybridized carbons (Fsp3) is 0.474. The standard InChI is InChI=1S/C19H22N2O4S/c1-12(2)25-18(23)19(15-7-5-10-26-15)11-13(3)21-14(4)16(19)17(22)24-9-6-8-20/h5,7,10,12H,6,9,11H2,1-4H3. The van der Waals surface area contributed by atoms with Crippen LogP contribution < -0.4 is 0 Å². The predicted molar refractivity (Wildman–Crippen MR) is 98.8 cm³/mol. The summed E-state index contributed by atoms with van der Waals surface area (Å²) in [6.07, 6.45) is 0.0108. The van der Waals surface area contributed by atoms with E-state index in [9.17, 15) is 9.59 Å². The number of hydrogen-bond donors (Lipinski definition) is 0. The molecule has 2 heterocycles. The Morgan fingerprint density at radius 1 is 1.42 bits per heavy atom. The van der Waals surface area contributed by atoms with Gasteiger partial charge < -0.3 is 9.47 Å². The Kier molecular flexibility index (Phi) is 6.32. The van der Waals surface area contributed by atoms with Gasteiger partial charge in [-0.2, -0.15) is 5.26 Å². The van der Waals surface area contributed by atoms with Crippen molar-refractivity contribution in [2.24, 2.45) is 4.99 Å². The molecule has 0 saturated heterocycles. The van der Waals surface area contributed by atoms with Crippen molar-refractivity contribution in [2.75, 3.05) is 6.61 Å². The first-order valence-electron chi connectivity index (χ1n) is 8.37. The minimum Gasteiger partial charge on any atom is -0.462 e. The zero-order valence-electron chi connectivity index (χ0n) is 15.4. The van der Waals surface area contributed by atoms with Gasteiger partial charge in [-0.25, -0.2) is 4.79 Å². The number of thiophene rings is 1. The molecule has 138 valence electrons. The van der Waals surface area contributed by atoms with Crippen LogP contribution in [0.3, 0.4) is 0 Å². The summed E-state index contributed by atoms with van der Waals surface area (Å²) < 4.78 is 10.8. The topological polar surface area (TPSA) is 88.8 Å². The van der Waals surface area contributed by atoms with Crippen molar-refractivity contribution in [3.63, 3.8) is 0 Å². The summed E-state index contributed by atoms with van der Waals surface area (Å²) in [6.45, 7) is 7.02. The van der Waals surface area contributed by atoms with E-state index in [1.165, 1.54) is 11.3 Å². The Bertz CT molecular complexity index is 787. The molecule has 0 spiro atoms. The third-order valence-electron chi connectivity index (χ3n) is 3.95. The van der Waals surface area contributed by atoms with Gasteiger partial charge in [0.1, 0.15) is 12.0 Å². The molecule has 26 heavy (non-hydrogen) atoms. The maximum atomic E-state index is 13.2. The summed E-state index contributed by atoms with van der Waals surface area (Å²) in [7, 11) is 0. The van der Waals surface area contributed by atoms with E-state index in [1.807, 2.05) is 30.5 Å². The molecular weight excluding hydrogens is 352 g/mol. The van der Waals surface area contributed by atoms with E-state index in [4.69, 9.17) is 14.7 Å². The van der Waals surface area contributed by atoms with Crippen LogP contribution in [0.2, 0.25) is 0 Å². The Morgan fingerprint density at radius 2 is 2.15 bits per heavy atom. The van der Waals surface area contributed by atoms with Gasteiger partial charge in [0.05, 0.1) is 24.2 Å². The van der Waals surface area contributed by atoms with Crippen molar-refractivity contribution in [1.82, 2.24) is 0 Å². The van der Waals surface area contributed by atoms with E-state index in [1.54, 1.807) is 20.8 Å². The van der Waals surface area contributed by atoms with E-state index in [-0.39, 0.29) is 31.1 Å². The summed E-state index contributed by atoms with van der Waals surface area (Å²) in [5, 5.41) is 10.5. The van der Waals surface area contributed by atoms with Crippen LogP contribution in [0, 0.1) is 11.3 Å². The molecule has 7 heteroatoms. The maximum absolute atomic E-state index is 13.2. The number of nitriles is 1. The highest BCUT2D eigenvalue weighted by Crippen LogP contribution is 2.44. The third-order valence-corrected chi connectivity index (χ3v) is 4.98. The second kappa shape index (κ2) is 8.28. The van der Waals surface area contributed by atoms with E-state index >= 15 is 0 Å². The molecule has 0 bridgehead atoms. The van der Waals surface area contributed by atoms with E-state index in [0.717, 1.165) is 5.71 Å². The van der Waals surface area contributed by atoms with Gasteiger partial charge in [0.25, 0.3) is 0 Å². The van der Waals surface area contributed by atoms with Crippen LogP contribution in [0.4, 0.5) is 0 Å². The summed E-state index contributed by atoms with van der Waals surface area (Å²) in [4.78, 5) is 31.1. The van der Waals surface area contributed by atoms with Gasteiger partial charge in [-0.1, -0.05) is 6.07 Å². The first kappa shape index (κ1) is 19.9. The van der Waals surface area contributed by atoms with Crippen molar-refractivity contribution in [1.29, 1.82) is 5.26 Å². The van der Waals surface area contributed by atoms with Crippen LogP contribution in [0.15, 0.2) is 33.8 Å². The molecule has 2 rings (SSSR count). The summed E-state index contributed by atoms with van der Waals surface area (Å²) in [5.41, 5.74) is 0.0853. The van der Waals surface area contributed by atoms with Gasteiger partial charge >= 0.3 is 11.9 Å². The molecule has 0 amide bonds. The zero-order valence-corrected chi connectivity index (χ0v) is 16.2. The molecular formula is C19H22N2O4S. The lowest BCUT2D eigenvalue weighted by atomic mass is 9.72. The normalized spacial score (nSPS) is 19.8. The second-order valence-corrected chi connectivity index (χ2v) is 7.31. The van der Waals surface area contributed by atoms with Crippen molar-refractivity contribution in [3.05, 3.63) is 33.7 Å². The molecule has 1 atom stereocenters. The lowest BCUT2D eigenvalue weighted by Crippen LogP contribution is -2.46. The van der Waals surface area contributed by atoms with Crippen LogP contribution in [0.1, 0.15) is 45.4 Å². The lowest BCUT2D eigenvalue weighted by molar-refractivity contribution is -0.155. The molecule has 6 nitrogen and oxygen atoms in total. The number of carbonyl (C=O) groups is 2. The number of allylic oxidation sites excluding steroid dienone is 1. The molecule has 0 fully saturated rings. The molecule has 0 radical (unpaired) electrons. The third kappa shape index (κ3) is 3.86. The lowest BCUT2D eigenvalue weighted by Gasteiger charge is -2.35. The van der Waals surface area contributed by atoms with Gasteiger partial charge in [-0.3, -0.25) is 9.79 Å². The monoisotopic (exact) mass is 374 g/mol. The SMILES string of the molecule is CC1=NC(C)=C(C(=O)OCCC#N)C(C(=O)OC(C)C)(c2cccs2)C1. The fourth-order valence-corrected chi connectivity index (χ4v) is 3.99. The first-order chi connectivity index (χ1) is 12.3. The number of aliphatic imine (C=N–C) groups is 1. The second-order valence-electron chi connectivity index (χ2n) is 6.36. The molecule has 0 N–H and O–H groups in total. The molecule has 1 aliphatic heterocycles. The number of hydrogen-bond acceptors (Lipinski definition) is 7. The fourth-order valence-electron chi connectivity index (χ4n) is 3.07. The molecule has 0 aromatic carbocycles. The van der Waals surface area contributed by atoms with E-state index in [2.05, 4.69) is 4.99 Å². The van der Waals surface area contributed by atoms with Gasteiger partial charge in [0, 0.05) is 22.7 Å². The van der Waals surface area contributed by atoms with Crippen LogP contribution in [-0.4, -0.2) is 30.4 Å². The Morgan fingerprint density at radius 3 is 2.73 bits per heavy atom. The minimum absolute atomic E-state index is 0.0332. The largest absolute Gasteiger partial charge is 0.462 e. The Hall–Kier alpha value is -2.46. The van der Waals surface area contributed by atoms with Crippen LogP contribution in [0.25, 0.3) is 0 Å². The van der Waals surface area contributed by atoms with Crippen molar-refractivity contribution in [2.45, 2.75) is 52.1 Å². The molecule has 1 aliphatic rings. The maximum Gasteiger partial charge on any atom is 0.337 e. The van der Waals surface area contributed by atoms with Gasteiger partial charge in [0.2, 0.25) is 0 Å². The van der Waals surface area contributed by atoms with Crippen LogP contribution >= 0.6 is 11.3 Å². The number of rotatable bonds is 6. The first-order valence-corrected chi connectivity index (χ1v) is 9.25. The van der Waals surface area contributed by atoms with Crippen LogP contribution in [0.5, 0.6) is 0 Å². The zero-order chi connectivity index (χ0) is 19.3. The Balaban J connectivity index is 2.59. The summed E-state index contributed by atoms with van der Waals surface area (Å²) in [5.74, 6) is -1.13. The number of esters is 2. The average Bonchev–Trinajstić information content (AvgIpc) is 3.08. The molecule has 1 aromatic rings. The van der Waals surface area contributed by atoms with E-state index < -0.39 is 17.4 Å². The highest BCUT2D eigenvalue weighted by molar-refractivity contribution is 7.10. The quantitative estimate of drug-likeness (QED) is 0.561. The van der Waals surface area contributed by atoms with Gasteiger partial charge in [-0.05, 0) is 39.1 Å². The highest BCUT2D eigenvalue weighted by atomic mass is 32.1. The molecule has 1 aromatic heterocycles. The minimum atomic E-state index is -1.28. The Labute approximate surface area is 157 Å². The van der Waals surface area contributed by atoms with Gasteiger partial charge in [0.15, 0.2) is 0 Å². The van der Waals surface area contributed by atoms with Crippen LogP contribution in [-0.2, 0) is 24.5 Å². The highest BCUT2D eigenvalue weighted by Gasteiger charge is 2.52. The summed E-state index contributed by atoms with van der Waals surface area (Å²) in [6, 6.07) is 5.58. The molecule has 0 saturated carbocycles. The van der Waals surface area contributed by atoms with E-state index in [0.29, 0.717) is 10.6 Å². The number of nitrogens with zero attached hydrogens (tertiary/aromatic N) is 2. The molecule has 1 unspecified atom stereocenters. The smallest absolute Gasteiger partial charge is 0.337 e. The molecule has 0 aliphatic carbocycles.